The number of anilines is 1. The van der Waals surface area contributed by atoms with E-state index in [1.165, 1.54) is 29.2 Å². The molecule has 0 radical (unpaired) electrons. The van der Waals surface area contributed by atoms with Gasteiger partial charge >= 0.3 is 0 Å². The summed E-state index contributed by atoms with van der Waals surface area (Å²) < 4.78 is 26.1. The van der Waals surface area contributed by atoms with Crippen LogP contribution in [0.3, 0.4) is 0 Å². The number of amides is 1. The molecule has 1 atom stereocenters. The van der Waals surface area contributed by atoms with Gasteiger partial charge in [0, 0.05) is 11.3 Å². The van der Waals surface area contributed by atoms with Crippen molar-refractivity contribution in [2.45, 2.75) is 12.6 Å². The van der Waals surface area contributed by atoms with Crippen molar-refractivity contribution >= 4 is 11.6 Å². The third-order valence-electron chi connectivity index (χ3n) is 3.40. The van der Waals surface area contributed by atoms with Crippen molar-refractivity contribution in [3.63, 3.8) is 0 Å². The number of hydrogen-bond donors (Lipinski definition) is 1. The summed E-state index contributed by atoms with van der Waals surface area (Å²) in [6, 6.07) is 9.15. The van der Waals surface area contributed by atoms with Gasteiger partial charge in [0.2, 0.25) is 5.91 Å². The van der Waals surface area contributed by atoms with E-state index in [0.29, 0.717) is 11.3 Å². The van der Waals surface area contributed by atoms with Crippen LogP contribution in [-0.2, 0) is 11.3 Å². The zero-order valence-corrected chi connectivity index (χ0v) is 10.5. The molecular weight excluding hydrogens is 262 g/mol. The minimum Gasteiger partial charge on any atom is -0.316 e. The van der Waals surface area contributed by atoms with E-state index >= 15 is 0 Å². The van der Waals surface area contributed by atoms with Crippen LogP contribution in [0.5, 0.6) is 0 Å². The number of rotatable bonds is 2. The molecule has 102 valence electrons. The lowest BCUT2D eigenvalue weighted by Gasteiger charge is -2.17. The molecule has 0 aliphatic carbocycles. The molecule has 1 aliphatic heterocycles. The van der Waals surface area contributed by atoms with E-state index in [1.54, 1.807) is 18.2 Å². The molecule has 0 aromatic heterocycles. The van der Waals surface area contributed by atoms with Crippen molar-refractivity contribution in [1.29, 1.82) is 0 Å². The minimum atomic E-state index is -0.846. The fourth-order valence-corrected chi connectivity index (χ4v) is 2.38. The maximum absolute atomic E-state index is 13.2. The first-order valence-electron chi connectivity index (χ1n) is 6.17. The summed E-state index contributed by atoms with van der Waals surface area (Å²) in [6.07, 6.45) is 0. The second-order valence-electron chi connectivity index (χ2n) is 4.73. The zero-order chi connectivity index (χ0) is 14.3. The Balaban J connectivity index is 1.95. The summed E-state index contributed by atoms with van der Waals surface area (Å²) in [5.74, 6) is -1.04. The van der Waals surface area contributed by atoms with Gasteiger partial charge in [-0.1, -0.05) is 12.1 Å². The Bertz CT molecular complexity index is 670. The van der Waals surface area contributed by atoms with E-state index < -0.39 is 11.9 Å². The van der Waals surface area contributed by atoms with Crippen LogP contribution in [-0.4, -0.2) is 5.91 Å². The summed E-state index contributed by atoms with van der Waals surface area (Å²) in [5, 5.41) is 0. The van der Waals surface area contributed by atoms with E-state index in [9.17, 15) is 13.6 Å². The van der Waals surface area contributed by atoms with Crippen molar-refractivity contribution in [2.75, 3.05) is 4.90 Å². The van der Waals surface area contributed by atoms with Crippen molar-refractivity contribution in [3.05, 3.63) is 65.2 Å². The molecule has 3 nitrogen and oxygen atoms in total. The highest BCUT2D eigenvalue weighted by molar-refractivity contribution is 6.04. The first-order chi connectivity index (χ1) is 9.56. The topological polar surface area (TPSA) is 46.3 Å². The van der Waals surface area contributed by atoms with Crippen LogP contribution in [0, 0.1) is 11.6 Å². The van der Waals surface area contributed by atoms with Gasteiger partial charge in [0.15, 0.2) is 0 Å². The van der Waals surface area contributed by atoms with E-state index in [0.717, 1.165) is 5.56 Å². The Labute approximate surface area is 114 Å². The van der Waals surface area contributed by atoms with E-state index in [1.807, 2.05) is 0 Å². The number of benzene rings is 2. The van der Waals surface area contributed by atoms with Gasteiger partial charge in [-0.25, -0.2) is 8.78 Å². The highest BCUT2D eigenvalue weighted by Crippen LogP contribution is 2.35. The first kappa shape index (κ1) is 12.7. The molecule has 2 aromatic carbocycles. The monoisotopic (exact) mass is 274 g/mol. The van der Waals surface area contributed by atoms with Gasteiger partial charge < -0.3 is 10.6 Å². The lowest BCUT2D eigenvalue weighted by molar-refractivity contribution is -0.119. The van der Waals surface area contributed by atoms with E-state index in [2.05, 4.69) is 0 Å². The Morgan fingerprint density at radius 1 is 1.05 bits per heavy atom. The van der Waals surface area contributed by atoms with Gasteiger partial charge in [-0.15, -0.1) is 0 Å². The fourth-order valence-electron chi connectivity index (χ4n) is 2.38. The van der Waals surface area contributed by atoms with Gasteiger partial charge in [-0.05, 0) is 35.9 Å². The molecule has 2 aromatic rings. The average molecular weight is 274 g/mol. The number of nitrogens with zero attached hydrogens (tertiary/aromatic N) is 1. The molecule has 1 heterocycles. The summed E-state index contributed by atoms with van der Waals surface area (Å²) >= 11 is 0. The second-order valence-corrected chi connectivity index (χ2v) is 4.73. The number of carbonyl (C=O) groups is 1. The summed E-state index contributed by atoms with van der Waals surface area (Å²) in [5.41, 5.74) is 7.68. The Hall–Kier alpha value is -2.27. The smallest absolute Gasteiger partial charge is 0.248 e. The first-order valence-corrected chi connectivity index (χ1v) is 6.17. The van der Waals surface area contributed by atoms with Crippen LogP contribution in [0.2, 0.25) is 0 Å². The van der Waals surface area contributed by atoms with Gasteiger partial charge in [-0.3, -0.25) is 4.79 Å². The summed E-state index contributed by atoms with van der Waals surface area (Å²) in [6.45, 7) is 0.283. The predicted molar refractivity (Wildman–Crippen MR) is 70.9 cm³/mol. The molecule has 3 rings (SSSR count). The number of carbonyl (C=O) groups excluding carboxylic acids is 1. The van der Waals surface area contributed by atoms with Gasteiger partial charge in [0.05, 0.1) is 6.54 Å². The SMILES string of the molecule is NC1C(=O)N(Cc2ccc(F)cc2)c2ccc(F)cc21. The number of halogens is 2. The van der Waals surface area contributed by atoms with Gasteiger partial charge in [0.25, 0.3) is 0 Å². The highest BCUT2D eigenvalue weighted by atomic mass is 19.1. The molecule has 1 amide bonds. The van der Waals surface area contributed by atoms with Crippen molar-refractivity contribution in [1.82, 2.24) is 0 Å². The van der Waals surface area contributed by atoms with Crippen LogP contribution in [0.4, 0.5) is 14.5 Å². The largest absolute Gasteiger partial charge is 0.316 e. The molecule has 0 spiro atoms. The normalized spacial score (nSPS) is 17.4. The van der Waals surface area contributed by atoms with Gasteiger partial charge in [-0.2, -0.15) is 0 Å². The van der Waals surface area contributed by atoms with Crippen molar-refractivity contribution < 1.29 is 13.6 Å². The number of hydrogen-bond acceptors (Lipinski definition) is 2. The Morgan fingerprint density at radius 2 is 1.70 bits per heavy atom. The maximum atomic E-state index is 13.2. The van der Waals surface area contributed by atoms with Crippen LogP contribution in [0.15, 0.2) is 42.5 Å². The van der Waals surface area contributed by atoms with Crippen LogP contribution in [0.25, 0.3) is 0 Å². The molecule has 0 saturated carbocycles. The highest BCUT2D eigenvalue weighted by Gasteiger charge is 2.34. The fraction of sp³-hybridized carbons (Fsp3) is 0.133. The van der Waals surface area contributed by atoms with Crippen molar-refractivity contribution in [2.24, 2.45) is 5.73 Å². The molecule has 0 fully saturated rings. The lowest BCUT2D eigenvalue weighted by atomic mass is 10.1. The zero-order valence-electron chi connectivity index (χ0n) is 10.5. The minimum absolute atomic E-state index is 0.282. The van der Waals surface area contributed by atoms with E-state index in [4.69, 9.17) is 5.73 Å². The quantitative estimate of drug-likeness (QED) is 0.914. The number of nitrogens with two attached hydrogens (primary N) is 1. The maximum Gasteiger partial charge on any atom is 0.248 e. The standard InChI is InChI=1S/C15H12F2N2O/c16-10-3-1-9(2-4-10)8-19-13-6-5-11(17)7-12(13)14(18)15(19)20/h1-7,14H,8,18H2. The Kier molecular flexibility index (Phi) is 2.99. The molecule has 0 bridgehead atoms. The van der Waals surface area contributed by atoms with Crippen LogP contribution < -0.4 is 10.6 Å². The molecule has 1 aliphatic rings. The second kappa shape index (κ2) is 4.68. The predicted octanol–water partition coefficient (Wildman–Crippen LogP) is 2.51. The van der Waals surface area contributed by atoms with Crippen molar-refractivity contribution in [3.8, 4) is 0 Å². The molecule has 5 heteroatoms. The molecule has 20 heavy (non-hydrogen) atoms. The van der Waals surface area contributed by atoms with Crippen LogP contribution >= 0.6 is 0 Å². The Morgan fingerprint density at radius 3 is 2.40 bits per heavy atom. The summed E-state index contributed by atoms with van der Waals surface area (Å²) in [7, 11) is 0. The van der Waals surface area contributed by atoms with Gasteiger partial charge in [0.1, 0.15) is 17.7 Å². The molecule has 1 unspecified atom stereocenters. The third-order valence-corrected chi connectivity index (χ3v) is 3.40. The molecule has 0 saturated heterocycles. The molecule has 2 N–H and O–H groups in total. The van der Waals surface area contributed by atoms with E-state index in [-0.39, 0.29) is 18.3 Å². The lowest BCUT2D eigenvalue weighted by Crippen LogP contribution is -2.31. The molecular formula is C15H12F2N2O. The summed E-state index contributed by atoms with van der Waals surface area (Å²) in [4.78, 5) is 13.6. The number of fused-ring (bicyclic) bond motifs is 1. The van der Waals surface area contributed by atoms with Crippen LogP contribution in [0.1, 0.15) is 17.2 Å². The third kappa shape index (κ3) is 2.06. The average Bonchev–Trinajstić information content (AvgIpc) is 2.66.